The maximum Gasteiger partial charge on any atom is 0.0590 e. The molecule has 1 saturated heterocycles. The Morgan fingerprint density at radius 2 is 2.26 bits per heavy atom. The highest BCUT2D eigenvalue weighted by atomic mass is 35.5. The van der Waals surface area contributed by atoms with E-state index < -0.39 is 0 Å². The first-order chi connectivity index (χ1) is 9.19. The minimum atomic E-state index is 0.391. The Balaban J connectivity index is 2.00. The average Bonchev–Trinajstić information content (AvgIpc) is 2.87. The van der Waals surface area contributed by atoms with Crippen LogP contribution in [0.2, 0.25) is 10.0 Å². The minimum Gasteiger partial charge on any atom is -0.378 e. The second kappa shape index (κ2) is 7.49. The van der Waals surface area contributed by atoms with Gasteiger partial charge in [0.05, 0.1) is 6.10 Å². The highest BCUT2D eigenvalue weighted by molar-refractivity contribution is 6.33. The van der Waals surface area contributed by atoms with Gasteiger partial charge in [0.25, 0.3) is 0 Å². The summed E-state index contributed by atoms with van der Waals surface area (Å²) in [5.41, 5.74) is 1.11. The van der Waals surface area contributed by atoms with E-state index in [0.717, 1.165) is 41.6 Å². The zero-order valence-corrected chi connectivity index (χ0v) is 12.8. The van der Waals surface area contributed by atoms with Gasteiger partial charge in [-0.05, 0) is 56.0 Å². The molecule has 0 aliphatic carbocycles. The number of rotatable bonds is 6. The van der Waals surface area contributed by atoms with Gasteiger partial charge in [0, 0.05) is 22.7 Å². The Kier molecular flexibility index (Phi) is 5.96. The molecule has 1 aliphatic heterocycles. The number of halogens is 2. The molecule has 1 aromatic carbocycles. The van der Waals surface area contributed by atoms with Gasteiger partial charge in [-0.25, -0.2) is 0 Å². The van der Waals surface area contributed by atoms with Crippen LogP contribution in [-0.2, 0) is 11.2 Å². The van der Waals surface area contributed by atoms with Gasteiger partial charge in [-0.15, -0.1) is 0 Å². The van der Waals surface area contributed by atoms with Crippen LogP contribution in [-0.4, -0.2) is 25.3 Å². The lowest BCUT2D eigenvalue weighted by Gasteiger charge is -2.22. The Morgan fingerprint density at radius 1 is 1.42 bits per heavy atom. The van der Waals surface area contributed by atoms with Crippen LogP contribution in [0.5, 0.6) is 0 Å². The molecule has 2 atom stereocenters. The maximum atomic E-state index is 6.24. The Morgan fingerprint density at radius 3 is 2.95 bits per heavy atom. The summed E-state index contributed by atoms with van der Waals surface area (Å²) in [5, 5.41) is 5.06. The number of nitrogens with one attached hydrogen (secondary N) is 1. The van der Waals surface area contributed by atoms with Gasteiger partial charge in [-0.2, -0.15) is 0 Å². The van der Waals surface area contributed by atoms with Crippen molar-refractivity contribution in [3.63, 3.8) is 0 Å². The summed E-state index contributed by atoms with van der Waals surface area (Å²) in [4.78, 5) is 0. The standard InChI is InChI=1S/C15H21Cl2NO/c1-2-18-13(10-14-4-3-7-19-14)9-11-8-12(16)5-6-15(11)17/h5-6,8,13-14,18H,2-4,7,9-10H2,1H3. The SMILES string of the molecule is CCNC(Cc1cc(Cl)ccc1Cl)CC1CCCO1. The van der Waals surface area contributed by atoms with Crippen LogP contribution < -0.4 is 5.32 Å². The first kappa shape index (κ1) is 15.1. The van der Waals surface area contributed by atoms with Crippen molar-refractivity contribution >= 4 is 23.2 Å². The molecule has 1 N–H and O–H groups in total. The molecule has 2 rings (SSSR count). The molecule has 1 fully saturated rings. The first-order valence-electron chi connectivity index (χ1n) is 6.98. The topological polar surface area (TPSA) is 21.3 Å². The molecule has 0 radical (unpaired) electrons. The summed E-state index contributed by atoms with van der Waals surface area (Å²) in [6, 6.07) is 6.05. The molecule has 0 bridgehead atoms. The summed E-state index contributed by atoms with van der Waals surface area (Å²) in [6.07, 6.45) is 4.68. The van der Waals surface area contributed by atoms with Crippen LogP contribution in [0.4, 0.5) is 0 Å². The summed E-state index contributed by atoms with van der Waals surface area (Å²) in [7, 11) is 0. The summed E-state index contributed by atoms with van der Waals surface area (Å²) < 4.78 is 5.72. The molecule has 0 saturated carbocycles. The molecule has 1 aliphatic rings. The quantitative estimate of drug-likeness (QED) is 0.855. The van der Waals surface area contributed by atoms with Crippen molar-refractivity contribution in [3.8, 4) is 0 Å². The van der Waals surface area contributed by atoms with E-state index in [1.54, 1.807) is 0 Å². The maximum absolute atomic E-state index is 6.24. The van der Waals surface area contributed by atoms with Crippen molar-refractivity contribution in [3.05, 3.63) is 33.8 Å². The van der Waals surface area contributed by atoms with E-state index in [0.29, 0.717) is 12.1 Å². The van der Waals surface area contributed by atoms with Crippen LogP contribution in [0.3, 0.4) is 0 Å². The summed E-state index contributed by atoms with van der Waals surface area (Å²) >= 11 is 12.3. The molecule has 1 aromatic rings. The van der Waals surface area contributed by atoms with E-state index in [1.807, 2.05) is 18.2 Å². The molecule has 2 nitrogen and oxygen atoms in total. The minimum absolute atomic E-state index is 0.391. The molecule has 106 valence electrons. The predicted molar refractivity (Wildman–Crippen MR) is 81.2 cm³/mol. The molecule has 0 amide bonds. The van der Waals surface area contributed by atoms with Gasteiger partial charge < -0.3 is 10.1 Å². The fourth-order valence-corrected chi connectivity index (χ4v) is 3.03. The largest absolute Gasteiger partial charge is 0.378 e. The highest BCUT2D eigenvalue weighted by Crippen LogP contribution is 2.24. The van der Waals surface area contributed by atoms with Gasteiger partial charge >= 0.3 is 0 Å². The zero-order valence-electron chi connectivity index (χ0n) is 11.3. The number of likely N-dealkylation sites (N-methyl/N-ethyl adjacent to an activating group) is 1. The normalized spacial score (nSPS) is 20.7. The average molecular weight is 302 g/mol. The second-order valence-electron chi connectivity index (χ2n) is 5.07. The van der Waals surface area contributed by atoms with Gasteiger partial charge in [-0.1, -0.05) is 30.1 Å². The number of ether oxygens (including phenoxy) is 1. The van der Waals surface area contributed by atoms with Gasteiger partial charge in [0.1, 0.15) is 0 Å². The van der Waals surface area contributed by atoms with Gasteiger partial charge in [0.2, 0.25) is 0 Å². The molecule has 19 heavy (non-hydrogen) atoms. The molecular weight excluding hydrogens is 281 g/mol. The van der Waals surface area contributed by atoms with Crippen LogP contribution in [0.1, 0.15) is 31.7 Å². The van der Waals surface area contributed by atoms with E-state index in [9.17, 15) is 0 Å². The first-order valence-corrected chi connectivity index (χ1v) is 7.73. The predicted octanol–water partition coefficient (Wildman–Crippen LogP) is 4.08. The fourth-order valence-electron chi connectivity index (χ4n) is 2.64. The Labute approximate surface area is 125 Å². The molecule has 0 aromatic heterocycles. The van der Waals surface area contributed by atoms with E-state index in [-0.39, 0.29) is 0 Å². The lowest BCUT2D eigenvalue weighted by Crippen LogP contribution is -2.34. The molecular formula is C15H21Cl2NO. The van der Waals surface area contributed by atoms with E-state index in [2.05, 4.69) is 12.2 Å². The zero-order chi connectivity index (χ0) is 13.7. The van der Waals surface area contributed by atoms with E-state index in [1.165, 1.54) is 12.8 Å². The molecule has 4 heteroatoms. The third kappa shape index (κ3) is 4.64. The Bertz CT molecular complexity index is 405. The fraction of sp³-hybridized carbons (Fsp3) is 0.600. The van der Waals surface area contributed by atoms with Crippen LogP contribution in [0, 0.1) is 0 Å². The van der Waals surface area contributed by atoms with Crippen molar-refractivity contribution in [2.45, 2.75) is 44.8 Å². The van der Waals surface area contributed by atoms with Crippen molar-refractivity contribution < 1.29 is 4.74 Å². The third-order valence-electron chi connectivity index (χ3n) is 3.54. The number of hydrogen-bond acceptors (Lipinski definition) is 2. The van der Waals surface area contributed by atoms with Gasteiger partial charge in [-0.3, -0.25) is 0 Å². The molecule has 2 unspecified atom stereocenters. The number of hydrogen-bond donors (Lipinski definition) is 1. The van der Waals surface area contributed by atoms with E-state index in [4.69, 9.17) is 27.9 Å². The molecule has 1 heterocycles. The Hall–Kier alpha value is -0.280. The highest BCUT2D eigenvalue weighted by Gasteiger charge is 2.21. The summed E-state index contributed by atoms with van der Waals surface area (Å²) in [5.74, 6) is 0. The lowest BCUT2D eigenvalue weighted by molar-refractivity contribution is 0.0948. The van der Waals surface area contributed by atoms with Gasteiger partial charge in [0.15, 0.2) is 0 Å². The van der Waals surface area contributed by atoms with Crippen molar-refractivity contribution in [1.29, 1.82) is 0 Å². The molecule has 0 spiro atoms. The van der Waals surface area contributed by atoms with Crippen molar-refractivity contribution in [1.82, 2.24) is 5.32 Å². The lowest BCUT2D eigenvalue weighted by atomic mass is 9.99. The number of benzene rings is 1. The smallest absolute Gasteiger partial charge is 0.0590 e. The third-order valence-corrected chi connectivity index (χ3v) is 4.14. The monoisotopic (exact) mass is 301 g/mol. The van der Waals surface area contributed by atoms with Crippen LogP contribution >= 0.6 is 23.2 Å². The van der Waals surface area contributed by atoms with Crippen LogP contribution in [0.15, 0.2) is 18.2 Å². The van der Waals surface area contributed by atoms with E-state index >= 15 is 0 Å². The van der Waals surface area contributed by atoms with Crippen LogP contribution in [0.25, 0.3) is 0 Å². The second-order valence-corrected chi connectivity index (χ2v) is 5.91. The van der Waals surface area contributed by atoms with Crippen molar-refractivity contribution in [2.75, 3.05) is 13.2 Å². The van der Waals surface area contributed by atoms with Crippen molar-refractivity contribution in [2.24, 2.45) is 0 Å². The summed E-state index contributed by atoms with van der Waals surface area (Å²) in [6.45, 7) is 3.99.